The fourth-order valence-electron chi connectivity index (χ4n) is 1.67. The molecule has 2 heteroatoms. The lowest BCUT2D eigenvalue weighted by atomic mass is 9.84. The first kappa shape index (κ1) is 9.07. The molecule has 70 valence electrons. The van der Waals surface area contributed by atoms with Gasteiger partial charge in [-0.15, -0.1) is 11.8 Å². The van der Waals surface area contributed by atoms with E-state index in [9.17, 15) is 4.79 Å². The Kier molecular flexibility index (Phi) is 1.91. The molecular formula is C11H14OS. The van der Waals surface area contributed by atoms with E-state index < -0.39 is 0 Å². The summed E-state index contributed by atoms with van der Waals surface area (Å²) in [6.07, 6.45) is 5.37. The monoisotopic (exact) mass is 194 g/mol. The van der Waals surface area contributed by atoms with Crippen LogP contribution in [0, 0.1) is 11.3 Å². The smallest absolute Gasteiger partial charge is 0.146 e. The van der Waals surface area contributed by atoms with Gasteiger partial charge in [-0.25, -0.2) is 0 Å². The molecule has 2 atom stereocenters. The molecule has 0 amide bonds. The van der Waals surface area contributed by atoms with Gasteiger partial charge in [0.1, 0.15) is 6.29 Å². The SMILES string of the molecule is CC(C)(C)C1=CC2C=C(C=O)C2S1. The number of rotatable bonds is 1. The molecule has 0 fully saturated rings. The molecule has 1 heterocycles. The average Bonchev–Trinajstić information content (AvgIpc) is 2.29. The van der Waals surface area contributed by atoms with Crippen molar-refractivity contribution in [2.24, 2.45) is 11.3 Å². The number of hydrogen-bond donors (Lipinski definition) is 0. The van der Waals surface area contributed by atoms with Crippen LogP contribution in [0.2, 0.25) is 0 Å². The Morgan fingerprint density at radius 1 is 1.38 bits per heavy atom. The summed E-state index contributed by atoms with van der Waals surface area (Å²) in [5.41, 5.74) is 1.22. The Labute approximate surface area is 83.3 Å². The van der Waals surface area contributed by atoms with Crippen molar-refractivity contribution >= 4 is 18.0 Å². The Hall–Kier alpha value is -0.500. The molecule has 2 rings (SSSR count). The molecule has 13 heavy (non-hydrogen) atoms. The first-order valence-electron chi connectivity index (χ1n) is 4.58. The maximum Gasteiger partial charge on any atom is 0.146 e. The van der Waals surface area contributed by atoms with Gasteiger partial charge in [0, 0.05) is 16.7 Å². The average molecular weight is 194 g/mol. The van der Waals surface area contributed by atoms with Gasteiger partial charge in [0.15, 0.2) is 0 Å². The minimum absolute atomic E-state index is 0.240. The van der Waals surface area contributed by atoms with Crippen molar-refractivity contribution in [1.82, 2.24) is 0 Å². The highest BCUT2D eigenvalue weighted by Crippen LogP contribution is 2.52. The van der Waals surface area contributed by atoms with Crippen LogP contribution in [0.25, 0.3) is 0 Å². The number of thioether (sulfide) groups is 1. The third-order valence-electron chi connectivity index (χ3n) is 2.54. The number of carbonyl (C=O) groups excluding carboxylic acids is 1. The zero-order valence-corrected chi connectivity index (χ0v) is 9.02. The van der Waals surface area contributed by atoms with Crippen molar-refractivity contribution in [3.63, 3.8) is 0 Å². The van der Waals surface area contributed by atoms with Crippen LogP contribution in [0.5, 0.6) is 0 Å². The molecule has 0 aromatic carbocycles. The second kappa shape index (κ2) is 2.74. The third-order valence-corrected chi connectivity index (χ3v) is 4.38. The number of fused-ring (bicyclic) bond motifs is 1. The van der Waals surface area contributed by atoms with Crippen LogP contribution in [0.3, 0.4) is 0 Å². The van der Waals surface area contributed by atoms with Crippen LogP contribution >= 0.6 is 11.8 Å². The van der Waals surface area contributed by atoms with E-state index in [2.05, 4.69) is 32.9 Å². The third kappa shape index (κ3) is 1.37. The topological polar surface area (TPSA) is 17.1 Å². The van der Waals surface area contributed by atoms with E-state index in [-0.39, 0.29) is 5.41 Å². The molecule has 1 aliphatic carbocycles. The van der Waals surface area contributed by atoms with E-state index in [0.717, 1.165) is 11.9 Å². The lowest BCUT2D eigenvalue weighted by Crippen LogP contribution is -2.23. The number of hydrogen-bond acceptors (Lipinski definition) is 2. The van der Waals surface area contributed by atoms with E-state index in [1.54, 1.807) is 0 Å². The molecule has 2 aliphatic rings. The van der Waals surface area contributed by atoms with Crippen molar-refractivity contribution in [2.75, 3.05) is 0 Å². The lowest BCUT2D eigenvalue weighted by molar-refractivity contribution is -0.105. The molecule has 0 N–H and O–H groups in total. The Morgan fingerprint density at radius 2 is 2.08 bits per heavy atom. The van der Waals surface area contributed by atoms with Gasteiger partial charge in [-0.1, -0.05) is 32.9 Å². The molecular weight excluding hydrogens is 180 g/mol. The van der Waals surface area contributed by atoms with Crippen molar-refractivity contribution in [3.8, 4) is 0 Å². The van der Waals surface area contributed by atoms with Gasteiger partial charge in [-0.3, -0.25) is 4.79 Å². The second-order valence-corrected chi connectivity index (χ2v) is 5.86. The largest absolute Gasteiger partial charge is 0.298 e. The van der Waals surface area contributed by atoms with E-state index >= 15 is 0 Å². The Balaban J connectivity index is 2.13. The van der Waals surface area contributed by atoms with Gasteiger partial charge in [-0.05, 0) is 10.3 Å². The summed E-state index contributed by atoms with van der Waals surface area (Å²) in [5.74, 6) is 0.527. The van der Waals surface area contributed by atoms with E-state index in [1.165, 1.54) is 4.91 Å². The highest BCUT2D eigenvalue weighted by Gasteiger charge is 2.39. The number of allylic oxidation sites excluding steroid dienone is 3. The van der Waals surface area contributed by atoms with E-state index in [0.29, 0.717) is 11.2 Å². The molecule has 0 bridgehead atoms. The molecule has 0 aromatic rings. The molecule has 1 nitrogen and oxygen atoms in total. The fraction of sp³-hybridized carbons (Fsp3) is 0.545. The van der Waals surface area contributed by atoms with E-state index in [1.807, 2.05) is 11.8 Å². The van der Waals surface area contributed by atoms with Crippen LogP contribution in [0.15, 0.2) is 22.6 Å². The highest BCUT2D eigenvalue weighted by molar-refractivity contribution is 8.04. The van der Waals surface area contributed by atoms with Gasteiger partial charge >= 0.3 is 0 Å². The molecule has 0 radical (unpaired) electrons. The first-order valence-corrected chi connectivity index (χ1v) is 5.46. The van der Waals surface area contributed by atoms with Crippen molar-refractivity contribution in [3.05, 3.63) is 22.6 Å². The predicted octanol–water partition coefficient (Wildman–Crippen LogP) is 2.79. The van der Waals surface area contributed by atoms with Crippen LogP contribution in [0.4, 0.5) is 0 Å². The summed E-state index contributed by atoms with van der Waals surface area (Å²) in [5, 5.41) is 0.437. The molecule has 0 spiro atoms. The van der Waals surface area contributed by atoms with Crippen LogP contribution in [0.1, 0.15) is 20.8 Å². The standard InChI is InChI=1S/C11H14OS/c1-11(2,3)9-5-7-4-8(6-12)10(7)13-9/h4-7,10H,1-3H3. The van der Waals surface area contributed by atoms with Gasteiger partial charge in [-0.2, -0.15) is 0 Å². The van der Waals surface area contributed by atoms with Gasteiger partial charge in [0.05, 0.1) is 0 Å². The lowest BCUT2D eigenvalue weighted by Gasteiger charge is -2.26. The molecule has 0 saturated heterocycles. The Bertz CT molecular complexity index is 307. The van der Waals surface area contributed by atoms with Gasteiger partial charge in [0.25, 0.3) is 0 Å². The maximum atomic E-state index is 10.6. The summed E-state index contributed by atoms with van der Waals surface area (Å²) in [7, 11) is 0. The van der Waals surface area contributed by atoms with Crippen LogP contribution in [-0.2, 0) is 4.79 Å². The molecule has 0 saturated carbocycles. The molecule has 1 aliphatic heterocycles. The zero-order valence-electron chi connectivity index (χ0n) is 8.20. The normalized spacial score (nSPS) is 31.6. The maximum absolute atomic E-state index is 10.6. The van der Waals surface area contributed by atoms with Gasteiger partial charge in [0.2, 0.25) is 0 Å². The summed E-state index contributed by atoms with van der Waals surface area (Å²) >= 11 is 1.86. The van der Waals surface area contributed by atoms with Crippen LogP contribution < -0.4 is 0 Å². The van der Waals surface area contributed by atoms with E-state index in [4.69, 9.17) is 0 Å². The number of carbonyl (C=O) groups is 1. The van der Waals surface area contributed by atoms with Crippen molar-refractivity contribution < 1.29 is 4.79 Å². The fourth-order valence-corrected chi connectivity index (χ4v) is 3.12. The minimum Gasteiger partial charge on any atom is -0.298 e. The highest BCUT2D eigenvalue weighted by atomic mass is 32.2. The summed E-state index contributed by atoms with van der Waals surface area (Å²) in [6, 6.07) is 0. The van der Waals surface area contributed by atoms with Gasteiger partial charge < -0.3 is 0 Å². The summed E-state index contributed by atoms with van der Waals surface area (Å²) in [4.78, 5) is 12.0. The second-order valence-electron chi connectivity index (χ2n) is 4.68. The van der Waals surface area contributed by atoms with Crippen LogP contribution in [-0.4, -0.2) is 11.5 Å². The Morgan fingerprint density at radius 3 is 2.62 bits per heavy atom. The summed E-state index contributed by atoms with van der Waals surface area (Å²) in [6.45, 7) is 6.66. The minimum atomic E-state index is 0.240. The predicted molar refractivity (Wildman–Crippen MR) is 56.6 cm³/mol. The number of aldehydes is 1. The first-order chi connectivity index (χ1) is 6.02. The molecule has 0 aromatic heterocycles. The quantitative estimate of drug-likeness (QED) is 0.597. The zero-order chi connectivity index (χ0) is 9.64. The molecule has 2 unspecified atom stereocenters. The summed E-state index contributed by atoms with van der Waals surface area (Å²) < 4.78 is 0. The van der Waals surface area contributed by atoms with Crippen molar-refractivity contribution in [2.45, 2.75) is 26.0 Å². The van der Waals surface area contributed by atoms with Crippen molar-refractivity contribution in [1.29, 1.82) is 0 Å².